The maximum atomic E-state index is 13.6. The van der Waals surface area contributed by atoms with E-state index in [1.54, 1.807) is 12.1 Å². The third-order valence-electron chi connectivity index (χ3n) is 4.49. The number of rotatable bonds is 4. The lowest BCUT2D eigenvalue weighted by atomic mass is 9.87. The van der Waals surface area contributed by atoms with Gasteiger partial charge in [-0.2, -0.15) is 0 Å². The molecule has 0 fully saturated rings. The van der Waals surface area contributed by atoms with E-state index in [9.17, 15) is 14.0 Å². The van der Waals surface area contributed by atoms with Crippen molar-refractivity contribution in [2.45, 2.75) is 23.2 Å². The standard InChI is InChI=1S/C20H15BrFN3O2S/c21-14-8-12(6-7-15(14)22)13-9-16(26)23-18-17(13)19(27)25-20(24-18)28-10-11-4-2-1-3-5-11/h1-8,13H,9-10H2,(H2,23,24,25,26,27)/t13-/m1/s1. The van der Waals surface area contributed by atoms with Crippen molar-refractivity contribution in [3.63, 3.8) is 0 Å². The van der Waals surface area contributed by atoms with Crippen molar-refractivity contribution in [1.82, 2.24) is 9.97 Å². The molecular weight excluding hydrogens is 445 g/mol. The number of aromatic nitrogens is 2. The highest BCUT2D eigenvalue weighted by Gasteiger charge is 2.31. The Morgan fingerprint density at radius 2 is 1.96 bits per heavy atom. The minimum absolute atomic E-state index is 0.104. The van der Waals surface area contributed by atoms with E-state index in [4.69, 9.17) is 0 Å². The first-order chi connectivity index (χ1) is 13.5. The number of carbonyl (C=O) groups excluding carboxylic acids is 1. The highest BCUT2D eigenvalue weighted by Crippen LogP contribution is 2.36. The van der Waals surface area contributed by atoms with Crippen LogP contribution in [0.4, 0.5) is 10.2 Å². The molecule has 2 aromatic carbocycles. The fourth-order valence-corrected chi connectivity index (χ4v) is 4.37. The van der Waals surface area contributed by atoms with Crippen molar-refractivity contribution in [3.8, 4) is 0 Å². The lowest BCUT2D eigenvalue weighted by molar-refractivity contribution is -0.116. The van der Waals surface area contributed by atoms with Crippen LogP contribution in [0.15, 0.2) is 63.0 Å². The van der Waals surface area contributed by atoms with Crippen LogP contribution in [0.5, 0.6) is 0 Å². The molecule has 1 aromatic heterocycles. The molecule has 1 amide bonds. The number of hydrogen-bond acceptors (Lipinski definition) is 4. The molecule has 0 aliphatic carbocycles. The first kappa shape index (κ1) is 18.9. The van der Waals surface area contributed by atoms with Gasteiger partial charge < -0.3 is 10.3 Å². The summed E-state index contributed by atoms with van der Waals surface area (Å²) in [6.45, 7) is 0. The molecule has 0 unspecified atom stereocenters. The Morgan fingerprint density at radius 1 is 1.18 bits per heavy atom. The van der Waals surface area contributed by atoms with Gasteiger partial charge in [0.15, 0.2) is 5.16 Å². The molecule has 2 heterocycles. The van der Waals surface area contributed by atoms with Gasteiger partial charge in [0.25, 0.3) is 5.56 Å². The lowest BCUT2D eigenvalue weighted by Crippen LogP contribution is -2.31. The molecule has 2 N–H and O–H groups in total. The van der Waals surface area contributed by atoms with E-state index >= 15 is 0 Å². The maximum Gasteiger partial charge on any atom is 0.257 e. The monoisotopic (exact) mass is 459 g/mol. The third-order valence-corrected chi connectivity index (χ3v) is 6.05. The predicted octanol–water partition coefficient (Wildman–Crippen LogP) is 4.44. The van der Waals surface area contributed by atoms with Crippen LogP contribution in [0.2, 0.25) is 0 Å². The van der Waals surface area contributed by atoms with Gasteiger partial charge in [0.2, 0.25) is 5.91 Å². The molecule has 0 bridgehead atoms. The van der Waals surface area contributed by atoms with Crippen LogP contribution in [0.25, 0.3) is 0 Å². The van der Waals surface area contributed by atoms with E-state index in [1.165, 1.54) is 17.8 Å². The molecule has 8 heteroatoms. The molecular formula is C20H15BrFN3O2S. The number of carbonyl (C=O) groups is 1. The average molecular weight is 460 g/mol. The molecule has 3 aromatic rings. The second kappa shape index (κ2) is 7.89. The summed E-state index contributed by atoms with van der Waals surface area (Å²) >= 11 is 4.55. The number of H-pyrrole nitrogens is 1. The number of benzene rings is 2. The summed E-state index contributed by atoms with van der Waals surface area (Å²) in [6.07, 6.45) is 0.104. The van der Waals surface area contributed by atoms with Crippen molar-refractivity contribution < 1.29 is 9.18 Å². The second-order valence-electron chi connectivity index (χ2n) is 6.39. The van der Waals surface area contributed by atoms with Crippen molar-refractivity contribution in [3.05, 3.63) is 85.9 Å². The van der Waals surface area contributed by atoms with Gasteiger partial charge in [-0.05, 0) is 39.2 Å². The van der Waals surface area contributed by atoms with Gasteiger partial charge in [-0.1, -0.05) is 48.2 Å². The molecule has 0 spiro atoms. The Labute approximate surface area is 172 Å². The molecule has 4 rings (SSSR count). The van der Waals surface area contributed by atoms with Crippen LogP contribution in [0, 0.1) is 5.82 Å². The van der Waals surface area contributed by atoms with Gasteiger partial charge in [-0.15, -0.1) is 0 Å². The van der Waals surface area contributed by atoms with E-state index in [0.717, 1.165) is 5.56 Å². The van der Waals surface area contributed by atoms with Crippen LogP contribution in [0.1, 0.15) is 29.0 Å². The zero-order chi connectivity index (χ0) is 19.7. The first-order valence-electron chi connectivity index (χ1n) is 8.57. The summed E-state index contributed by atoms with van der Waals surface area (Å²) in [7, 11) is 0. The highest BCUT2D eigenvalue weighted by molar-refractivity contribution is 9.10. The predicted molar refractivity (Wildman–Crippen MR) is 110 cm³/mol. The number of hydrogen-bond donors (Lipinski definition) is 2. The Kier molecular flexibility index (Phi) is 5.32. The molecule has 0 radical (unpaired) electrons. The molecule has 1 aliphatic rings. The van der Waals surface area contributed by atoms with Crippen LogP contribution < -0.4 is 10.9 Å². The van der Waals surface area contributed by atoms with E-state index in [2.05, 4.69) is 31.2 Å². The van der Waals surface area contributed by atoms with Gasteiger partial charge in [-0.25, -0.2) is 9.37 Å². The minimum atomic E-state index is -0.481. The fraction of sp³-hybridized carbons (Fsp3) is 0.150. The Hall–Kier alpha value is -2.45. The molecule has 5 nitrogen and oxygen atoms in total. The summed E-state index contributed by atoms with van der Waals surface area (Å²) < 4.78 is 13.9. The van der Waals surface area contributed by atoms with Crippen molar-refractivity contribution in [2.24, 2.45) is 0 Å². The van der Waals surface area contributed by atoms with E-state index < -0.39 is 11.7 Å². The topological polar surface area (TPSA) is 74.8 Å². The van der Waals surface area contributed by atoms with Gasteiger partial charge in [-0.3, -0.25) is 9.59 Å². The summed E-state index contributed by atoms with van der Waals surface area (Å²) in [4.78, 5) is 32.3. The SMILES string of the molecule is O=C1C[C@H](c2ccc(F)c(Br)c2)c2c(nc(SCc3ccccc3)[nH]c2=O)N1. The number of halogens is 2. The lowest BCUT2D eigenvalue weighted by Gasteiger charge is -2.24. The number of aromatic amines is 1. The third kappa shape index (κ3) is 3.88. The number of anilines is 1. The van der Waals surface area contributed by atoms with E-state index in [1.807, 2.05) is 30.3 Å². The summed E-state index contributed by atoms with van der Waals surface area (Å²) in [6, 6.07) is 14.3. The molecule has 28 heavy (non-hydrogen) atoms. The van der Waals surface area contributed by atoms with Gasteiger partial charge in [0, 0.05) is 18.1 Å². The summed E-state index contributed by atoms with van der Waals surface area (Å²) in [5, 5.41) is 3.13. The normalized spacial score (nSPS) is 15.8. The summed E-state index contributed by atoms with van der Waals surface area (Å²) in [5.74, 6) is -0.199. The Morgan fingerprint density at radius 3 is 2.71 bits per heavy atom. The minimum Gasteiger partial charge on any atom is -0.310 e. The number of thioether (sulfide) groups is 1. The number of nitrogens with zero attached hydrogens (tertiary/aromatic N) is 1. The highest BCUT2D eigenvalue weighted by atomic mass is 79.9. The Bertz CT molecular complexity index is 1100. The summed E-state index contributed by atoms with van der Waals surface area (Å²) in [5.41, 5.74) is 1.88. The van der Waals surface area contributed by atoms with Gasteiger partial charge in [0.1, 0.15) is 11.6 Å². The quantitative estimate of drug-likeness (QED) is 0.446. The smallest absolute Gasteiger partial charge is 0.257 e. The van der Waals surface area contributed by atoms with Gasteiger partial charge in [0.05, 0.1) is 10.0 Å². The van der Waals surface area contributed by atoms with Crippen LogP contribution in [-0.4, -0.2) is 15.9 Å². The van der Waals surface area contributed by atoms with Gasteiger partial charge >= 0.3 is 0 Å². The zero-order valence-electron chi connectivity index (χ0n) is 14.5. The maximum absolute atomic E-state index is 13.6. The van der Waals surface area contributed by atoms with E-state index in [-0.39, 0.29) is 28.2 Å². The first-order valence-corrected chi connectivity index (χ1v) is 10.3. The van der Waals surface area contributed by atoms with Crippen molar-refractivity contribution in [2.75, 3.05) is 5.32 Å². The van der Waals surface area contributed by atoms with Crippen LogP contribution >= 0.6 is 27.7 Å². The molecule has 0 saturated heterocycles. The molecule has 142 valence electrons. The fourth-order valence-electron chi connectivity index (χ4n) is 3.16. The van der Waals surface area contributed by atoms with Crippen molar-refractivity contribution >= 4 is 39.4 Å². The second-order valence-corrected chi connectivity index (χ2v) is 8.20. The molecule has 1 atom stereocenters. The number of nitrogens with one attached hydrogen (secondary N) is 2. The van der Waals surface area contributed by atoms with Crippen LogP contribution in [-0.2, 0) is 10.5 Å². The number of fused-ring (bicyclic) bond motifs is 1. The largest absolute Gasteiger partial charge is 0.310 e. The van der Waals surface area contributed by atoms with Crippen LogP contribution in [0.3, 0.4) is 0 Å². The Balaban J connectivity index is 1.68. The molecule has 0 saturated carbocycles. The van der Waals surface area contributed by atoms with E-state index in [0.29, 0.717) is 22.0 Å². The number of amides is 1. The average Bonchev–Trinajstić information content (AvgIpc) is 2.68. The van der Waals surface area contributed by atoms with Crippen molar-refractivity contribution in [1.29, 1.82) is 0 Å². The zero-order valence-corrected chi connectivity index (χ0v) is 16.9. The molecule has 1 aliphatic heterocycles.